The number of hydrogen-bond acceptors (Lipinski definition) is 6. The summed E-state index contributed by atoms with van der Waals surface area (Å²) in [6.45, 7) is 2.84. The molecule has 0 N–H and O–H groups in total. The molecule has 3 rings (SSSR count). The lowest BCUT2D eigenvalue weighted by molar-refractivity contribution is -0.117. The van der Waals surface area contributed by atoms with Crippen LogP contribution in [0, 0.1) is 0 Å². The van der Waals surface area contributed by atoms with Crippen molar-refractivity contribution in [2.24, 2.45) is 4.99 Å². The molecule has 0 spiro atoms. The fourth-order valence-corrected chi connectivity index (χ4v) is 4.44. The average molecular weight is 445 g/mol. The Kier molecular flexibility index (Phi) is 7.70. The molecule has 1 amide bonds. The highest BCUT2D eigenvalue weighted by atomic mass is 32.2. The Morgan fingerprint density at radius 3 is 2.60 bits per heavy atom. The maximum atomic E-state index is 12.6. The zero-order valence-electron chi connectivity index (χ0n) is 17.2. The summed E-state index contributed by atoms with van der Waals surface area (Å²) in [5, 5.41) is 0. The lowest BCUT2D eigenvalue weighted by Crippen LogP contribution is -2.18. The summed E-state index contributed by atoms with van der Waals surface area (Å²) in [6.07, 6.45) is 2.26. The van der Waals surface area contributed by atoms with Crippen LogP contribution in [0.3, 0.4) is 0 Å². The Morgan fingerprint density at radius 2 is 1.93 bits per heavy atom. The minimum atomic E-state index is -0.350. The third-order valence-electron chi connectivity index (χ3n) is 4.45. The van der Waals surface area contributed by atoms with Gasteiger partial charge in [0.1, 0.15) is 5.75 Å². The summed E-state index contributed by atoms with van der Waals surface area (Å²) >= 11 is 3.14. The summed E-state index contributed by atoms with van der Waals surface area (Å²) in [4.78, 5) is 29.7. The highest BCUT2D eigenvalue weighted by Gasteiger charge is 2.12. The number of esters is 1. The van der Waals surface area contributed by atoms with Crippen LogP contribution in [0.15, 0.2) is 47.5 Å². The molecule has 8 heteroatoms. The highest BCUT2D eigenvalue weighted by molar-refractivity contribution is 7.98. The van der Waals surface area contributed by atoms with Gasteiger partial charge in [0.25, 0.3) is 5.91 Å². The van der Waals surface area contributed by atoms with Gasteiger partial charge in [-0.2, -0.15) is 16.8 Å². The van der Waals surface area contributed by atoms with E-state index in [2.05, 4.69) is 4.99 Å². The van der Waals surface area contributed by atoms with Crippen LogP contribution in [0.4, 0.5) is 0 Å². The Hall–Kier alpha value is -2.58. The van der Waals surface area contributed by atoms with Crippen molar-refractivity contribution in [3.05, 3.63) is 58.4 Å². The first-order valence-corrected chi connectivity index (χ1v) is 11.8. The van der Waals surface area contributed by atoms with E-state index in [1.165, 1.54) is 11.3 Å². The van der Waals surface area contributed by atoms with Crippen LogP contribution in [0.25, 0.3) is 10.2 Å². The number of ether oxygens (including phenoxy) is 2. The van der Waals surface area contributed by atoms with Crippen molar-refractivity contribution < 1.29 is 19.1 Å². The molecular formula is C22H24N2O4S2. The number of carbonyl (C=O) groups excluding carboxylic acids is 2. The van der Waals surface area contributed by atoms with Gasteiger partial charge in [-0.1, -0.05) is 23.5 Å². The lowest BCUT2D eigenvalue weighted by Gasteiger charge is -2.05. The molecule has 1 aromatic heterocycles. The predicted molar refractivity (Wildman–Crippen MR) is 121 cm³/mol. The fourth-order valence-electron chi connectivity index (χ4n) is 2.96. The fraction of sp³-hybridized carbons (Fsp3) is 0.318. The maximum absolute atomic E-state index is 12.6. The number of nitrogens with zero attached hydrogens (tertiary/aromatic N) is 2. The second-order valence-electron chi connectivity index (χ2n) is 6.46. The third-order valence-corrected chi connectivity index (χ3v) is 6.08. The summed E-state index contributed by atoms with van der Waals surface area (Å²) < 4.78 is 13.2. The zero-order chi connectivity index (χ0) is 21.5. The largest absolute Gasteiger partial charge is 0.497 e. The molecular weight excluding hydrogens is 420 g/mol. The monoisotopic (exact) mass is 444 g/mol. The van der Waals surface area contributed by atoms with Crippen molar-refractivity contribution in [2.75, 3.05) is 25.7 Å². The summed E-state index contributed by atoms with van der Waals surface area (Å²) in [7, 11) is 1.61. The average Bonchev–Trinajstić information content (AvgIpc) is 3.08. The van der Waals surface area contributed by atoms with E-state index in [0.29, 0.717) is 17.0 Å². The summed E-state index contributed by atoms with van der Waals surface area (Å²) in [6, 6.07) is 12.8. The molecule has 0 atom stereocenters. The Bertz CT molecular complexity index is 1100. The predicted octanol–water partition coefficient (Wildman–Crippen LogP) is 3.92. The van der Waals surface area contributed by atoms with Crippen LogP contribution < -0.4 is 9.54 Å². The van der Waals surface area contributed by atoms with Gasteiger partial charge in [0.15, 0.2) is 4.80 Å². The van der Waals surface area contributed by atoms with Gasteiger partial charge in [0.2, 0.25) is 0 Å². The van der Waals surface area contributed by atoms with Crippen molar-refractivity contribution in [3.63, 3.8) is 0 Å². The number of thiazole rings is 1. The van der Waals surface area contributed by atoms with Crippen LogP contribution in [-0.4, -0.2) is 42.2 Å². The first kappa shape index (κ1) is 22.1. The van der Waals surface area contributed by atoms with Gasteiger partial charge in [-0.3, -0.25) is 4.79 Å². The number of methoxy groups -OCH3 is 1. The quantitative estimate of drug-likeness (QED) is 0.493. The number of aromatic nitrogens is 1. The zero-order valence-corrected chi connectivity index (χ0v) is 18.8. The van der Waals surface area contributed by atoms with Crippen LogP contribution in [-0.2, 0) is 22.5 Å². The SMILES string of the molecule is CCOC(=O)c1ccc2c(c1)sc(=NC(=O)Cc1ccc(OC)cc1)n2CCSC. The number of carbonyl (C=O) groups is 2. The molecule has 0 aliphatic heterocycles. The van der Waals surface area contributed by atoms with Gasteiger partial charge in [0.05, 0.1) is 35.9 Å². The van der Waals surface area contributed by atoms with E-state index in [0.717, 1.165) is 33.8 Å². The van der Waals surface area contributed by atoms with E-state index in [9.17, 15) is 9.59 Å². The Balaban J connectivity index is 1.94. The normalized spacial score (nSPS) is 11.6. The number of rotatable bonds is 8. The second-order valence-corrected chi connectivity index (χ2v) is 8.46. The molecule has 30 heavy (non-hydrogen) atoms. The second kappa shape index (κ2) is 10.4. The van der Waals surface area contributed by atoms with Gasteiger partial charge in [0, 0.05) is 12.3 Å². The van der Waals surface area contributed by atoms with Crippen molar-refractivity contribution in [2.45, 2.75) is 19.9 Å². The number of aryl methyl sites for hydroxylation is 1. The standard InChI is InChI=1S/C22H24N2O4S2/c1-4-28-21(26)16-7-10-18-19(14-16)30-22(24(18)11-12-29-3)23-20(25)13-15-5-8-17(27-2)9-6-15/h5-10,14H,4,11-13H2,1-3H3. The summed E-state index contributed by atoms with van der Waals surface area (Å²) in [5.41, 5.74) is 2.34. The number of fused-ring (bicyclic) bond motifs is 1. The molecule has 3 aromatic rings. The van der Waals surface area contributed by atoms with E-state index in [1.807, 2.05) is 41.2 Å². The molecule has 0 radical (unpaired) electrons. The van der Waals surface area contributed by atoms with Crippen LogP contribution in [0.2, 0.25) is 0 Å². The molecule has 6 nitrogen and oxygen atoms in total. The molecule has 2 aromatic carbocycles. The molecule has 0 saturated heterocycles. The Labute approximate surface area is 183 Å². The number of amides is 1. The summed E-state index contributed by atoms with van der Waals surface area (Å²) in [5.74, 6) is 1.08. The van der Waals surface area contributed by atoms with E-state index < -0.39 is 0 Å². The van der Waals surface area contributed by atoms with Crippen molar-refractivity contribution in [1.29, 1.82) is 0 Å². The van der Waals surface area contributed by atoms with Crippen molar-refractivity contribution in [1.82, 2.24) is 4.57 Å². The first-order chi connectivity index (χ1) is 14.5. The number of benzene rings is 2. The van der Waals surface area contributed by atoms with Gasteiger partial charge >= 0.3 is 5.97 Å². The number of hydrogen-bond donors (Lipinski definition) is 0. The van der Waals surface area contributed by atoms with Crippen molar-refractivity contribution >= 4 is 45.2 Å². The van der Waals surface area contributed by atoms with E-state index in [4.69, 9.17) is 9.47 Å². The molecule has 1 heterocycles. The van der Waals surface area contributed by atoms with Gasteiger partial charge in [-0.25, -0.2) is 4.79 Å². The minimum absolute atomic E-state index is 0.213. The van der Waals surface area contributed by atoms with Crippen LogP contribution in [0.1, 0.15) is 22.8 Å². The first-order valence-electron chi connectivity index (χ1n) is 9.55. The smallest absolute Gasteiger partial charge is 0.338 e. The van der Waals surface area contributed by atoms with Crippen LogP contribution >= 0.6 is 23.1 Å². The molecule has 0 fully saturated rings. The highest BCUT2D eigenvalue weighted by Crippen LogP contribution is 2.20. The number of thioether (sulfide) groups is 1. The Morgan fingerprint density at radius 1 is 1.17 bits per heavy atom. The minimum Gasteiger partial charge on any atom is -0.497 e. The molecule has 158 valence electrons. The van der Waals surface area contributed by atoms with Gasteiger partial charge in [-0.15, -0.1) is 0 Å². The van der Waals surface area contributed by atoms with Gasteiger partial charge < -0.3 is 14.0 Å². The third kappa shape index (κ3) is 5.31. The van der Waals surface area contributed by atoms with Gasteiger partial charge in [-0.05, 0) is 49.1 Å². The molecule has 0 unspecified atom stereocenters. The van der Waals surface area contributed by atoms with E-state index >= 15 is 0 Å². The molecule has 0 aliphatic rings. The molecule has 0 aliphatic carbocycles. The molecule has 0 saturated carbocycles. The lowest BCUT2D eigenvalue weighted by atomic mass is 10.1. The topological polar surface area (TPSA) is 69.9 Å². The van der Waals surface area contributed by atoms with Crippen molar-refractivity contribution in [3.8, 4) is 5.75 Å². The van der Waals surface area contributed by atoms with E-state index in [-0.39, 0.29) is 18.3 Å². The van der Waals surface area contributed by atoms with Crippen LogP contribution in [0.5, 0.6) is 5.75 Å². The molecule has 0 bridgehead atoms. The maximum Gasteiger partial charge on any atom is 0.338 e. The van der Waals surface area contributed by atoms with E-state index in [1.54, 1.807) is 37.9 Å².